The van der Waals surface area contributed by atoms with E-state index in [1.807, 2.05) is 47.9 Å². The Labute approximate surface area is 159 Å². The number of sulfonamides is 1. The van der Waals surface area contributed by atoms with Gasteiger partial charge in [-0.25, -0.2) is 8.42 Å². The molecule has 0 aliphatic rings. The number of nitrogens with zero attached hydrogens (tertiary/aromatic N) is 1. The van der Waals surface area contributed by atoms with Crippen LogP contribution in [-0.4, -0.2) is 8.42 Å². The highest BCUT2D eigenvalue weighted by molar-refractivity contribution is 7.92. The molecular weight excluding hydrogens is 368 g/mol. The average Bonchev–Trinajstić information content (AvgIpc) is 2.60. The Hall–Kier alpha value is -2.37. The van der Waals surface area contributed by atoms with Gasteiger partial charge in [-0.05, 0) is 36.8 Å². The molecule has 1 heterocycles. The molecule has 134 valence electrons. The van der Waals surface area contributed by atoms with Crippen LogP contribution in [0.25, 0.3) is 0 Å². The van der Waals surface area contributed by atoms with Crippen molar-refractivity contribution in [3.8, 4) is 0 Å². The minimum Gasteiger partial charge on any atom is -0.279 e. The number of pyridine rings is 1. The first-order chi connectivity index (χ1) is 12.3. The molecule has 3 rings (SSSR count). The molecule has 0 fully saturated rings. The molecule has 0 bridgehead atoms. The minimum atomic E-state index is -3.70. The van der Waals surface area contributed by atoms with E-state index in [1.54, 1.807) is 37.4 Å². The maximum Gasteiger partial charge on any atom is 0.268 e. The molecule has 1 N–H and O–H groups in total. The van der Waals surface area contributed by atoms with Crippen LogP contribution in [-0.2, 0) is 16.6 Å². The summed E-state index contributed by atoms with van der Waals surface area (Å²) < 4.78 is 30.3. The first-order valence-corrected chi connectivity index (χ1v) is 10.0. The maximum absolute atomic E-state index is 12.9. The third kappa shape index (κ3) is 4.23. The van der Waals surface area contributed by atoms with Crippen molar-refractivity contribution < 1.29 is 13.0 Å². The van der Waals surface area contributed by atoms with Crippen LogP contribution in [0.4, 0.5) is 5.69 Å². The molecule has 6 heteroatoms. The number of hydrogen-bond acceptors (Lipinski definition) is 2. The molecule has 3 aromatic rings. The van der Waals surface area contributed by atoms with E-state index in [2.05, 4.69) is 4.72 Å². The van der Waals surface area contributed by atoms with Gasteiger partial charge in [-0.2, -0.15) is 4.57 Å². The predicted octanol–water partition coefficient (Wildman–Crippen LogP) is 4.09. The van der Waals surface area contributed by atoms with Crippen molar-refractivity contribution >= 4 is 27.3 Å². The monoisotopic (exact) mass is 387 g/mol. The zero-order valence-electron chi connectivity index (χ0n) is 14.6. The summed E-state index contributed by atoms with van der Waals surface area (Å²) in [6, 6.07) is 18.4. The Morgan fingerprint density at radius 3 is 2.31 bits per heavy atom. The van der Waals surface area contributed by atoms with Crippen LogP contribution in [0.15, 0.2) is 71.8 Å². The number of anilines is 1. The Balaban J connectivity index is 1.95. The number of rotatable bonds is 5. The molecule has 4 nitrogen and oxygen atoms in total. The zero-order valence-corrected chi connectivity index (χ0v) is 16.2. The lowest BCUT2D eigenvalue weighted by Crippen LogP contribution is -2.39. The molecule has 0 saturated carbocycles. The number of benzene rings is 2. The molecule has 0 saturated heterocycles. The van der Waals surface area contributed by atoms with Crippen molar-refractivity contribution in [2.45, 2.75) is 25.3 Å². The van der Waals surface area contributed by atoms with Crippen LogP contribution in [0.3, 0.4) is 0 Å². The highest BCUT2D eigenvalue weighted by Gasteiger charge is 2.23. The second-order valence-corrected chi connectivity index (χ2v) is 8.28. The van der Waals surface area contributed by atoms with E-state index in [1.165, 1.54) is 0 Å². The quantitative estimate of drug-likeness (QED) is 0.670. The smallest absolute Gasteiger partial charge is 0.268 e. The second-order valence-electron chi connectivity index (χ2n) is 6.19. The molecule has 0 atom stereocenters. The van der Waals surface area contributed by atoms with Gasteiger partial charge in [0.05, 0.1) is 0 Å². The standard InChI is InChI=1S/C20H20ClN2O2S/c1-15-12-16(2)23(13-17-6-4-3-5-7-17)14-20(15)26(24,25)22-19-10-8-18(21)9-11-19/h3-12,14,22H,13H2,1-2H3/q+1. The third-order valence-corrected chi connectivity index (χ3v) is 5.88. The molecule has 0 amide bonds. The van der Waals surface area contributed by atoms with Crippen molar-refractivity contribution in [3.63, 3.8) is 0 Å². The van der Waals surface area contributed by atoms with E-state index in [-0.39, 0.29) is 4.90 Å². The summed E-state index contributed by atoms with van der Waals surface area (Å²) in [5.74, 6) is 0. The van der Waals surface area contributed by atoms with Crippen molar-refractivity contribution in [3.05, 3.63) is 88.7 Å². The zero-order chi connectivity index (χ0) is 18.7. The predicted molar refractivity (Wildman–Crippen MR) is 104 cm³/mol. The highest BCUT2D eigenvalue weighted by Crippen LogP contribution is 2.20. The first-order valence-electron chi connectivity index (χ1n) is 8.18. The van der Waals surface area contributed by atoms with E-state index in [0.717, 1.165) is 11.3 Å². The van der Waals surface area contributed by atoms with Crippen molar-refractivity contribution in [1.82, 2.24) is 0 Å². The number of aromatic nitrogens is 1. The Kier molecular flexibility index (Phi) is 5.30. The van der Waals surface area contributed by atoms with E-state index in [0.29, 0.717) is 22.8 Å². The molecule has 0 radical (unpaired) electrons. The van der Waals surface area contributed by atoms with Crippen molar-refractivity contribution in [1.29, 1.82) is 0 Å². The van der Waals surface area contributed by atoms with Gasteiger partial charge in [0.25, 0.3) is 10.0 Å². The molecule has 26 heavy (non-hydrogen) atoms. The van der Waals surface area contributed by atoms with E-state index >= 15 is 0 Å². The highest BCUT2D eigenvalue weighted by atomic mass is 35.5. The Morgan fingerprint density at radius 1 is 1.00 bits per heavy atom. The van der Waals surface area contributed by atoms with Crippen LogP contribution in [0, 0.1) is 13.8 Å². The first kappa shape index (κ1) is 18.4. The van der Waals surface area contributed by atoms with Crippen LogP contribution in [0.1, 0.15) is 16.8 Å². The van der Waals surface area contributed by atoms with Crippen LogP contribution in [0.5, 0.6) is 0 Å². The van der Waals surface area contributed by atoms with Gasteiger partial charge in [0.2, 0.25) is 0 Å². The average molecular weight is 388 g/mol. The number of nitrogens with one attached hydrogen (secondary N) is 1. The van der Waals surface area contributed by atoms with Crippen molar-refractivity contribution in [2.75, 3.05) is 4.72 Å². The van der Waals surface area contributed by atoms with Gasteiger partial charge in [-0.15, -0.1) is 0 Å². The Morgan fingerprint density at radius 2 is 1.65 bits per heavy atom. The summed E-state index contributed by atoms with van der Waals surface area (Å²) >= 11 is 5.86. The summed E-state index contributed by atoms with van der Waals surface area (Å²) in [6.45, 7) is 4.38. The molecular formula is C20H20ClN2O2S+. The SMILES string of the molecule is Cc1cc(C)[n+](Cc2ccccc2)cc1S(=O)(=O)Nc1ccc(Cl)cc1. The van der Waals surface area contributed by atoms with E-state index in [4.69, 9.17) is 11.6 Å². The van der Waals surface area contributed by atoms with Gasteiger partial charge in [0.1, 0.15) is 0 Å². The molecule has 1 aromatic heterocycles. The van der Waals surface area contributed by atoms with Gasteiger partial charge in [0.15, 0.2) is 23.3 Å². The fourth-order valence-electron chi connectivity index (χ4n) is 2.77. The van der Waals surface area contributed by atoms with Gasteiger partial charge in [-0.3, -0.25) is 4.72 Å². The number of halogens is 1. The Bertz CT molecular complexity index is 1020. The van der Waals surface area contributed by atoms with Crippen LogP contribution >= 0.6 is 11.6 Å². The topological polar surface area (TPSA) is 50.0 Å². The summed E-state index contributed by atoms with van der Waals surface area (Å²) in [7, 11) is -3.70. The van der Waals surface area contributed by atoms with Gasteiger partial charge < -0.3 is 0 Å². The van der Waals surface area contributed by atoms with Crippen molar-refractivity contribution in [2.24, 2.45) is 0 Å². The van der Waals surface area contributed by atoms with Gasteiger partial charge >= 0.3 is 0 Å². The lowest BCUT2D eigenvalue weighted by atomic mass is 10.2. The maximum atomic E-state index is 12.9. The largest absolute Gasteiger partial charge is 0.279 e. The molecule has 0 aliphatic carbocycles. The fraction of sp³-hybridized carbons (Fsp3) is 0.150. The summed E-state index contributed by atoms with van der Waals surface area (Å²) in [6.07, 6.45) is 1.69. The minimum absolute atomic E-state index is 0.258. The third-order valence-electron chi connectivity index (χ3n) is 4.12. The second kappa shape index (κ2) is 7.48. The molecule has 0 aliphatic heterocycles. The lowest BCUT2D eigenvalue weighted by molar-refractivity contribution is -0.696. The lowest BCUT2D eigenvalue weighted by Gasteiger charge is -2.11. The van der Waals surface area contributed by atoms with Crippen LogP contribution < -0.4 is 9.29 Å². The number of hydrogen-bond donors (Lipinski definition) is 1. The molecule has 0 unspecified atom stereocenters. The number of aryl methyl sites for hydroxylation is 2. The normalized spacial score (nSPS) is 11.3. The summed E-state index contributed by atoms with van der Waals surface area (Å²) in [4.78, 5) is 0.258. The summed E-state index contributed by atoms with van der Waals surface area (Å²) in [5.41, 5.74) is 3.28. The fourth-order valence-corrected chi connectivity index (χ4v) is 4.20. The van der Waals surface area contributed by atoms with E-state index in [9.17, 15) is 8.42 Å². The van der Waals surface area contributed by atoms with E-state index < -0.39 is 10.0 Å². The van der Waals surface area contributed by atoms with Gasteiger partial charge in [-0.1, -0.05) is 41.9 Å². The van der Waals surface area contributed by atoms with Crippen LogP contribution in [0.2, 0.25) is 5.02 Å². The van der Waals surface area contributed by atoms with Gasteiger partial charge in [0, 0.05) is 29.3 Å². The molecule has 0 spiro atoms. The molecule has 2 aromatic carbocycles. The summed E-state index contributed by atoms with van der Waals surface area (Å²) in [5, 5.41) is 0.556.